The summed E-state index contributed by atoms with van der Waals surface area (Å²) in [5.41, 5.74) is 6.42. The molecule has 8 heteroatoms. The highest BCUT2D eigenvalue weighted by Gasteiger charge is 2.15. The van der Waals surface area contributed by atoms with E-state index in [0.29, 0.717) is 17.3 Å². The Balaban J connectivity index is 1.88. The molecule has 0 aliphatic carbocycles. The molecule has 1 aromatic heterocycles. The Morgan fingerprint density at radius 2 is 2.19 bits per heavy atom. The van der Waals surface area contributed by atoms with Gasteiger partial charge in [-0.15, -0.1) is 0 Å². The maximum Gasteiger partial charge on any atom is 0.246 e. The van der Waals surface area contributed by atoms with Crippen molar-refractivity contribution >= 4 is 5.91 Å². The van der Waals surface area contributed by atoms with E-state index >= 15 is 0 Å². The van der Waals surface area contributed by atoms with Crippen LogP contribution in [0.25, 0.3) is 0 Å². The summed E-state index contributed by atoms with van der Waals surface area (Å²) in [7, 11) is 0. The number of aromatic hydroxyl groups is 2. The first-order valence-corrected chi connectivity index (χ1v) is 6.29. The maximum atomic E-state index is 11.8. The molecule has 0 aliphatic rings. The number of carbonyl (C=O) groups excluding carboxylic acids is 1. The van der Waals surface area contributed by atoms with Crippen molar-refractivity contribution in [1.29, 1.82) is 0 Å². The first kappa shape index (κ1) is 14.8. The number of phenolic OH excluding ortho intramolecular Hbond substituents is 2. The Labute approximate surface area is 120 Å². The fourth-order valence-corrected chi connectivity index (χ4v) is 1.75. The minimum absolute atomic E-state index is 0.105. The quantitative estimate of drug-likeness (QED) is 0.568. The van der Waals surface area contributed by atoms with Gasteiger partial charge in [0.25, 0.3) is 0 Å². The van der Waals surface area contributed by atoms with Gasteiger partial charge in [-0.1, -0.05) is 11.2 Å². The zero-order valence-corrected chi connectivity index (χ0v) is 11.4. The molecular weight excluding hydrogens is 276 g/mol. The lowest BCUT2D eigenvalue weighted by Crippen LogP contribution is -2.41. The summed E-state index contributed by atoms with van der Waals surface area (Å²) < 4.78 is 4.86. The van der Waals surface area contributed by atoms with E-state index in [0.717, 1.165) is 0 Å². The molecule has 0 bridgehead atoms. The number of rotatable bonds is 5. The molecule has 0 spiro atoms. The van der Waals surface area contributed by atoms with Gasteiger partial charge in [0.2, 0.25) is 11.8 Å². The third kappa shape index (κ3) is 3.93. The van der Waals surface area contributed by atoms with Gasteiger partial charge in [-0.2, -0.15) is 4.98 Å². The third-order valence-electron chi connectivity index (χ3n) is 2.82. The van der Waals surface area contributed by atoms with Gasteiger partial charge in [-0.3, -0.25) is 4.79 Å². The van der Waals surface area contributed by atoms with Gasteiger partial charge < -0.3 is 25.8 Å². The topological polar surface area (TPSA) is 134 Å². The predicted octanol–water partition coefficient (Wildman–Crippen LogP) is -0.0246. The molecule has 0 saturated carbocycles. The van der Waals surface area contributed by atoms with Gasteiger partial charge in [-0.25, -0.2) is 0 Å². The van der Waals surface area contributed by atoms with Crippen LogP contribution in [0.3, 0.4) is 0 Å². The number of benzene rings is 1. The van der Waals surface area contributed by atoms with Gasteiger partial charge in [0.15, 0.2) is 17.3 Å². The number of amides is 1. The van der Waals surface area contributed by atoms with Crippen LogP contribution in [0.4, 0.5) is 0 Å². The molecule has 112 valence electrons. The van der Waals surface area contributed by atoms with E-state index in [1.165, 1.54) is 12.1 Å². The first-order chi connectivity index (χ1) is 9.95. The number of aromatic nitrogens is 2. The number of aryl methyl sites for hydroxylation is 1. The molecular formula is C13H16N4O4. The van der Waals surface area contributed by atoms with Crippen LogP contribution < -0.4 is 11.1 Å². The average molecular weight is 292 g/mol. The summed E-state index contributed by atoms with van der Waals surface area (Å²) >= 11 is 0. The van der Waals surface area contributed by atoms with Crippen molar-refractivity contribution in [3.05, 3.63) is 35.5 Å². The average Bonchev–Trinajstić information content (AvgIpc) is 2.86. The van der Waals surface area contributed by atoms with Crippen molar-refractivity contribution in [2.45, 2.75) is 25.9 Å². The molecule has 1 heterocycles. The molecule has 0 unspecified atom stereocenters. The lowest BCUT2D eigenvalue weighted by atomic mass is 10.1. The number of nitrogens with zero attached hydrogens (tertiary/aromatic N) is 2. The van der Waals surface area contributed by atoms with Gasteiger partial charge >= 0.3 is 0 Å². The Morgan fingerprint density at radius 3 is 2.81 bits per heavy atom. The Hall–Kier alpha value is -2.61. The third-order valence-corrected chi connectivity index (χ3v) is 2.82. The Morgan fingerprint density at radius 1 is 1.43 bits per heavy atom. The van der Waals surface area contributed by atoms with Crippen LogP contribution in [0.5, 0.6) is 11.5 Å². The summed E-state index contributed by atoms with van der Waals surface area (Å²) in [6.07, 6.45) is 0.225. The summed E-state index contributed by atoms with van der Waals surface area (Å²) in [6.45, 7) is 1.78. The lowest BCUT2D eigenvalue weighted by Gasteiger charge is -2.11. The van der Waals surface area contributed by atoms with Crippen LogP contribution in [0.1, 0.15) is 17.3 Å². The molecule has 0 saturated heterocycles. The molecule has 0 radical (unpaired) electrons. The largest absolute Gasteiger partial charge is 0.504 e. The molecule has 8 nitrogen and oxygen atoms in total. The highest BCUT2D eigenvalue weighted by molar-refractivity contribution is 5.81. The number of hydrogen-bond donors (Lipinski definition) is 4. The number of nitrogens with two attached hydrogens (primary N) is 1. The Kier molecular flexibility index (Phi) is 4.39. The fourth-order valence-electron chi connectivity index (χ4n) is 1.75. The van der Waals surface area contributed by atoms with E-state index < -0.39 is 6.04 Å². The molecule has 1 aromatic carbocycles. The summed E-state index contributed by atoms with van der Waals surface area (Å²) in [4.78, 5) is 15.8. The zero-order valence-electron chi connectivity index (χ0n) is 11.4. The van der Waals surface area contributed by atoms with Crippen LogP contribution in [-0.4, -0.2) is 32.3 Å². The molecule has 2 aromatic rings. The Bertz CT molecular complexity index is 641. The number of hydrogen-bond acceptors (Lipinski definition) is 7. The van der Waals surface area contributed by atoms with E-state index in [4.69, 9.17) is 10.3 Å². The highest BCUT2D eigenvalue weighted by atomic mass is 16.5. The zero-order chi connectivity index (χ0) is 15.4. The van der Waals surface area contributed by atoms with Crippen molar-refractivity contribution in [3.8, 4) is 11.5 Å². The second-order valence-electron chi connectivity index (χ2n) is 4.59. The summed E-state index contributed by atoms with van der Waals surface area (Å²) in [5, 5.41) is 24.8. The molecule has 5 N–H and O–H groups in total. The van der Waals surface area contributed by atoms with Crippen molar-refractivity contribution in [2.75, 3.05) is 0 Å². The van der Waals surface area contributed by atoms with Gasteiger partial charge in [0, 0.05) is 0 Å². The molecule has 1 atom stereocenters. The molecule has 21 heavy (non-hydrogen) atoms. The van der Waals surface area contributed by atoms with E-state index in [2.05, 4.69) is 15.5 Å². The number of nitrogens with one attached hydrogen (secondary N) is 1. The molecule has 0 aliphatic heterocycles. The molecule has 1 amide bonds. The minimum Gasteiger partial charge on any atom is -0.504 e. The van der Waals surface area contributed by atoms with Gasteiger partial charge in [0.1, 0.15) is 0 Å². The van der Waals surface area contributed by atoms with Gasteiger partial charge in [0.05, 0.1) is 12.6 Å². The lowest BCUT2D eigenvalue weighted by molar-refractivity contribution is -0.122. The highest BCUT2D eigenvalue weighted by Crippen LogP contribution is 2.25. The van der Waals surface area contributed by atoms with Crippen LogP contribution in [0, 0.1) is 6.92 Å². The van der Waals surface area contributed by atoms with Crippen LogP contribution in [0.2, 0.25) is 0 Å². The van der Waals surface area contributed by atoms with Crippen LogP contribution in [-0.2, 0) is 17.8 Å². The second kappa shape index (κ2) is 6.23. The molecule has 0 fully saturated rings. The maximum absolute atomic E-state index is 11.8. The monoisotopic (exact) mass is 292 g/mol. The van der Waals surface area contributed by atoms with Gasteiger partial charge in [-0.05, 0) is 31.0 Å². The summed E-state index contributed by atoms with van der Waals surface area (Å²) in [6, 6.07) is 3.50. The standard InChI is InChI=1S/C13H16N4O4/c1-7-16-12(21-17-7)6-15-13(20)9(14)4-8-2-3-10(18)11(19)5-8/h2-3,5,9,18-19H,4,6,14H2,1H3,(H,15,20)/t9-/m0/s1. The van der Waals surface area contributed by atoms with E-state index in [-0.39, 0.29) is 30.4 Å². The SMILES string of the molecule is Cc1noc(CNC(=O)[C@@H](N)Cc2ccc(O)c(O)c2)n1. The van der Waals surface area contributed by atoms with E-state index in [9.17, 15) is 15.0 Å². The van der Waals surface area contributed by atoms with Crippen molar-refractivity contribution in [3.63, 3.8) is 0 Å². The summed E-state index contributed by atoms with van der Waals surface area (Å²) in [5.74, 6) is -0.0539. The van der Waals surface area contributed by atoms with Crippen LogP contribution in [0.15, 0.2) is 22.7 Å². The smallest absolute Gasteiger partial charge is 0.246 e. The molecule has 2 rings (SSSR count). The normalized spacial score (nSPS) is 12.1. The van der Waals surface area contributed by atoms with Crippen molar-refractivity contribution < 1.29 is 19.5 Å². The first-order valence-electron chi connectivity index (χ1n) is 6.29. The fraction of sp³-hybridized carbons (Fsp3) is 0.308. The number of carbonyl (C=O) groups is 1. The second-order valence-corrected chi connectivity index (χ2v) is 4.59. The van der Waals surface area contributed by atoms with Crippen molar-refractivity contribution in [2.24, 2.45) is 5.73 Å². The van der Waals surface area contributed by atoms with E-state index in [1.54, 1.807) is 13.0 Å². The van der Waals surface area contributed by atoms with Crippen molar-refractivity contribution in [1.82, 2.24) is 15.5 Å². The van der Waals surface area contributed by atoms with Crippen LogP contribution >= 0.6 is 0 Å². The van der Waals surface area contributed by atoms with E-state index in [1.807, 2.05) is 0 Å². The minimum atomic E-state index is -0.794. The predicted molar refractivity (Wildman–Crippen MR) is 72.3 cm³/mol. The number of phenols is 2.